The number of halogens is 2. The normalized spacial score (nSPS) is 11.4. The average Bonchev–Trinajstić information content (AvgIpc) is 2.51. The Morgan fingerprint density at radius 2 is 1.12 bits per heavy atom. The SMILES string of the molecule is Oc1ccccc1C=NCC(O)CN=Cc1ccccc1O.[Cl-].[Cl-].[Pd+2]. The molecule has 0 aromatic heterocycles. The van der Waals surface area contributed by atoms with Crippen LogP contribution in [0.4, 0.5) is 0 Å². The van der Waals surface area contributed by atoms with E-state index in [0.29, 0.717) is 11.1 Å². The van der Waals surface area contributed by atoms with Crippen LogP contribution in [0.1, 0.15) is 11.1 Å². The largest absolute Gasteiger partial charge is 2.00 e. The first-order chi connectivity index (χ1) is 10.7. The molecule has 2 aromatic rings. The van der Waals surface area contributed by atoms with Crippen LogP contribution in [0.5, 0.6) is 11.5 Å². The minimum Gasteiger partial charge on any atom is -1.00 e. The van der Waals surface area contributed by atoms with E-state index < -0.39 is 6.10 Å². The summed E-state index contributed by atoms with van der Waals surface area (Å²) in [5.41, 5.74) is 1.21. The molecule has 5 nitrogen and oxygen atoms in total. The van der Waals surface area contributed by atoms with Gasteiger partial charge in [-0.2, -0.15) is 0 Å². The monoisotopic (exact) mass is 474 g/mol. The number of nitrogens with zero attached hydrogens (tertiary/aromatic N) is 2. The van der Waals surface area contributed by atoms with Crippen molar-refractivity contribution in [2.24, 2.45) is 9.98 Å². The van der Waals surface area contributed by atoms with Gasteiger partial charge in [-0.05, 0) is 24.3 Å². The summed E-state index contributed by atoms with van der Waals surface area (Å²) in [4.78, 5) is 8.17. The van der Waals surface area contributed by atoms with E-state index in [-0.39, 0.29) is 69.8 Å². The molecular formula is C17H18Cl2N2O3Pd. The first kappa shape index (κ1) is 25.8. The number of benzene rings is 2. The van der Waals surface area contributed by atoms with Crippen molar-refractivity contribution in [3.8, 4) is 11.5 Å². The molecule has 0 aliphatic rings. The van der Waals surface area contributed by atoms with Crippen LogP contribution < -0.4 is 24.8 Å². The van der Waals surface area contributed by atoms with Gasteiger partial charge in [-0.15, -0.1) is 0 Å². The Labute approximate surface area is 173 Å². The molecule has 2 aromatic carbocycles. The van der Waals surface area contributed by atoms with Crippen molar-refractivity contribution in [1.29, 1.82) is 0 Å². The molecule has 3 N–H and O–H groups in total. The number of rotatable bonds is 6. The fourth-order valence-electron chi connectivity index (χ4n) is 1.80. The first-order valence-corrected chi connectivity index (χ1v) is 6.90. The van der Waals surface area contributed by atoms with Gasteiger partial charge in [-0.1, -0.05) is 24.3 Å². The Morgan fingerprint density at radius 1 is 0.760 bits per heavy atom. The van der Waals surface area contributed by atoms with Crippen molar-refractivity contribution in [2.45, 2.75) is 6.10 Å². The van der Waals surface area contributed by atoms with Crippen molar-refractivity contribution in [3.63, 3.8) is 0 Å². The number of aromatic hydroxyl groups is 2. The van der Waals surface area contributed by atoms with Gasteiger partial charge in [-0.3, -0.25) is 9.98 Å². The van der Waals surface area contributed by atoms with Crippen LogP contribution in [0.2, 0.25) is 0 Å². The van der Waals surface area contributed by atoms with Gasteiger partial charge in [0.1, 0.15) is 11.5 Å². The molecular weight excluding hydrogens is 458 g/mol. The minimum absolute atomic E-state index is 0. The van der Waals surface area contributed by atoms with Crippen LogP contribution in [0.25, 0.3) is 0 Å². The molecule has 0 atom stereocenters. The smallest absolute Gasteiger partial charge is 1.00 e. The molecule has 0 bridgehead atoms. The van der Waals surface area contributed by atoms with Gasteiger partial charge >= 0.3 is 20.4 Å². The number of aliphatic hydroxyl groups excluding tert-OH is 1. The van der Waals surface area contributed by atoms with Gasteiger partial charge in [0.05, 0.1) is 19.2 Å². The van der Waals surface area contributed by atoms with Gasteiger partial charge in [0.2, 0.25) is 0 Å². The van der Waals surface area contributed by atoms with Crippen molar-refractivity contribution in [2.75, 3.05) is 13.1 Å². The van der Waals surface area contributed by atoms with E-state index in [0.717, 1.165) is 0 Å². The third-order valence-corrected chi connectivity index (χ3v) is 2.97. The van der Waals surface area contributed by atoms with Gasteiger partial charge < -0.3 is 40.1 Å². The molecule has 0 unspecified atom stereocenters. The number of hydrogen-bond acceptors (Lipinski definition) is 5. The van der Waals surface area contributed by atoms with E-state index in [1.165, 1.54) is 12.4 Å². The maximum absolute atomic E-state index is 9.79. The molecule has 2 rings (SSSR count). The molecule has 0 fully saturated rings. The predicted molar refractivity (Wildman–Crippen MR) is 87.1 cm³/mol. The van der Waals surface area contributed by atoms with Crippen LogP contribution in [-0.4, -0.2) is 46.9 Å². The second-order valence-electron chi connectivity index (χ2n) is 4.76. The molecule has 8 heteroatoms. The van der Waals surface area contributed by atoms with Crippen molar-refractivity contribution < 1.29 is 60.6 Å². The van der Waals surface area contributed by atoms with E-state index in [9.17, 15) is 15.3 Å². The molecule has 0 heterocycles. The fourth-order valence-corrected chi connectivity index (χ4v) is 1.80. The zero-order chi connectivity index (χ0) is 15.8. The number of aliphatic hydroxyl groups is 1. The third kappa shape index (κ3) is 9.01. The predicted octanol–water partition coefficient (Wildman–Crippen LogP) is -4.00. The molecule has 0 amide bonds. The molecule has 0 saturated heterocycles. The Morgan fingerprint density at radius 3 is 1.48 bits per heavy atom. The van der Waals surface area contributed by atoms with E-state index in [4.69, 9.17) is 0 Å². The maximum atomic E-state index is 9.79. The Hall–Kier alpha value is -1.42. The molecule has 0 aliphatic carbocycles. The van der Waals surface area contributed by atoms with Crippen molar-refractivity contribution >= 4 is 12.4 Å². The Balaban J connectivity index is 0. The summed E-state index contributed by atoms with van der Waals surface area (Å²) >= 11 is 0. The summed E-state index contributed by atoms with van der Waals surface area (Å²) in [6.07, 6.45) is 2.32. The first-order valence-electron chi connectivity index (χ1n) is 6.90. The van der Waals surface area contributed by atoms with E-state index in [2.05, 4.69) is 9.98 Å². The van der Waals surface area contributed by atoms with Crippen LogP contribution in [0.3, 0.4) is 0 Å². The van der Waals surface area contributed by atoms with Gasteiger partial charge in [-0.25, -0.2) is 0 Å². The molecule has 0 spiro atoms. The molecule has 138 valence electrons. The summed E-state index contributed by atoms with van der Waals surface area (Å²) in [5.74, 6) is 0.302. The van der Waals surface area contributed by atoms with Crippen LogP contribution >= 0.6 is 0 Å². The summed E-state index contributed by atoms with van der Waals surface area (Å²) < 4.78 is 0. The molecule has 0 aliphatic heterocycles. The summed E-state index contributed by atoms with van der Waals surface area (Å²) in [5, 5.41) is 28.9. The van der Waals surface area contributed by atoms with Crippen molar-refractivity contribution in [3.05, 3.63) is 59.7 Å². The Bertz CT molecular complexity index is 627. The summed E-state index contributed by atoms with van der Waals surface area (Å²) in [7, 11) is 0. The van der Waals surface area contributed by atoms with Gasteiger partial charge in [0, 0.05) is 23.6 Å². The Kier molecular flexibility index (Phi) is 14.3. The fraction of sp³-hybridized carbons (Fsp3) is 0.176. The minimum atomic E-state index is -0.718. The standard InChI is InChI=1S/C17H18N2O3.2ClH.Pd/c20-15(11-18-9-13-5-1-3-7-16(13)21)12-19-10-14-6-2-4-8-17(14)22;;;/h1-10,15,20-22H,11-12H2;2*1H;/q;;;+2/p-2. The van der Waals surface area contributed by atoms with Gasteiger partial charge in [0.15, 0.2) is 0 Å². The van der Waals surface area contributed by atoms with Crippen molar-refractivity contribution in [1.82, 2.24) is 0 Å². The number of phenolic OH excluding ortho intramolecular Hbond substituents is 2. The maximum Gasteiger partial charge on any atom is 2.00 e. The van der Waals surface area contributed by atoms with E-state index >= 15 is 0 Å². The summed E-state index contributed by atoms with van der Waals surface area (Å²) in [6, 6.07) is 13.7. The number of hydrogen-bond donors (Lipinski definition) is 3. The number of aliphatic imine (C=N–C) groups is 2. The molecule has 0 radical (unpaired) electrons. The van der Waals surface area contributed by atoms with Gasteiger partial charge in [0.25, 0.3) is 0 Å². The zero-order valence-electron chi connectivity index (χ0n) is 13.1. The average molecular weight is 476 g/mol. The second-order valence-corrected chi connectivity index (χ2v) is 4.76. The third-order valence-electron chi connectivity index (χ3n) is 2.97. The van der Waals surface area contributed by atoms with E-state index in [1.54, 1.807) is 48.5 Å². The van der Waals surface area contributed by atoms with Crippen LogP contribution in [0.15, 0.2) is 58.5 Å². The number of phenols is 2. The quantitative estimate of drug-likeness (QED) is 0.294. The summed E-state index contributed by atoms with van der Waals surface area (Å²) in [6.45, 7) is 0.374. The molecule has 0 saturated carbocycles. The van der Waals surface area contributed by atoms with E-state index in [1.807, 2.05) is 0 Å². The van der Waals surface area contributed by atoms with Crippen LogP contribution in [0, 0.1) is 0 Å². The molecule has 25 heavy (non-hydrogen) atoms. The topological polar surface area (TPSA) is 85.4 Å². The number of para-hydroxylation sites is 2. The second kappa shape index (κ2) is 13.8. The van der Waals surface area contributed by atoms with Crippen LogP contribution in [-0.2, 0) is 20.4 Å². The zero-order valence-corrected chi connectivity index (χ0v) is 16.1.